The van der Waals surface area contributed by atoms with Crippen molar-refractivity contribution in [1.82, 2.24) is 0 Å². The molecule has 0 aromatic rings. The molecule has 0 saturated carbocycles. The number of Topliss-reactive ketones (excluding diaryl/α,β-unsaturated/α-hetero) is 2. The lowest BCUT2D eigenvalue weighted by atomic mass is 9.98. The molecule has 82 valence electrons. The van der Waals surface area contributed by atoms with Crippen LogP contribution in [0, 0.1) is 5.92 Å². The summed E-state index contributed by atoms with van der Waals surface area (Å²) in [5.41, 5.74) is 0. The fourth-order valence-corrected chi connectivity index (χ4v) is 1.32. The molecule has 0 aliphatic carbocycles. The summed E-state index contributed by atoms with van der Waals surface area (Å²) in [6, 6.07) is 0. The summed E-state index contributed by atoms with van der Waals surface area (Å²) in [6.07, 6.45) is 5.16. The smallest absolute Gasteiger partial charge is 0.135 e. The van der Waals surface area contributed by atoms with Crippen molar-refractivity contribution in [2.24, 2.45) is 5.92 Å². The van der Waals surface area contributed by atoms with Crippen molar-refractivity contribution in [2.45, 2.75) is 59.3 Å². The SMILES string of the molecule is CCC(C)C(=O)CCCCCC(C)=O. The van der Waals surface area contributed by atoms with Gasteiger partial charge < -0.3 is 4.79 Å². The normalized spacial score (nSPS) is 12.5. The monoisotopic (exact) mass is 198 g/mol. The lowest BCUT2D eigenvalue weighted by Gasteiger charge is -2.06. The van der Waals surface area contributed by atoms with Crippen LogP contribution in [0.25, 0.3) is 0 Å². The molecular weight excluding hydrogens is 176 g/mol. The Balaban J connectivity index is 3.36. The number of hydrogen-bond acceptors (Lipinski definition) is 2. The first kappa shape index (κ1) is 13.3. The maximum Gasteiger partial charge on any atom is 0.135 e. The van der Waals surface area contributed by atoms with Crippen LogP contribution in [0.5, 0.6) is 0 Å². The van der Waals surface area contributed by atoms with Crippen LogP contribution in [0.1, 0.15) is 59.3 Å². The molecule has 0 fully saturated rings. The zero-order chi connectivity index (χ0) is 11.0. The third-order valence-electron chi connectivity index (χ3n) is 2.61. The lowest BCUT2D eigenvalue weighted by molar-refractivity contribution is -0.122. The van der Waals surface area contributed by atoms with Gasteiger partial charge in [0.1, 0.15) is 11.6 Å². The van der Waals surface area contributed by atoms with Crippen LogP contribution in [0.15, 0.2) is 0 Å². The van der Waals surface area contributed by atoms with Crippen molar-refractivity contribution in [2.75, 3.05) is 0 Å². The van der Waals surface area contributed by atoms with Gasteiger partial charge in [0.2, 0.25) is 0 Å². The van der Waals surface area contributed by atoms with Crippen molar-refractivity contribution >= 4 is 11.6 Å². The molecule has 14 heavy (non-hydrogen) atoms. The fourth-order valence-electron chi connectivity index (χ4n) is 1.32. The van der Waals surface area contributed by atoms with E-state index in [9.17, 15) is 9.59 Å². The third kappa shape index (κ3) is 6.81. The highest BCUT2D eigenvalue weighted by atomic mass is 16.1. The second kappa shape index (κ2) is 7.72. The predicted molar refractivity (Wildman–Crippen MR) is 58.2 cm³/mol. The van der Waals surface area contributed by atoms with Crippen molar-refractivity contribution in [1.29, 1.82) is 0 Å². The molecule has 0 rings (SSSR count). The first-order chi connectivity index (χ1) is 6.57. The van der Waals surface area contributed by atoms with Crippen LogP contribution in [-0.4, -0.2) is 11.6 Å². The minimum absolute atomic E-state index is 0.211. The van der Waals surface area contributed by atoms with E-state index in [1.807, 2.05) is 13.8 Å². The summed E-state index contributed by atoms with van der Waals surface area (Å²) >= 11 is 0. The molecule has 2 nitrogen and oxygen atoms in total. The zero-order valence-corrected chi connectivity index (χ0v) is 9.64. The van der Waals surface area contributed by atoms with E-state index in [0.29, 0.717) is 18.6 Å². The second-order valence-corrected chi connectivity index (χ2v) is 4.04. The number of hydrogen-bond donors (Lipinski definition) is 0. The van der Waals surface area contributed by atoms with Crippen molar-refractivity contribution in [3.05, 3.63) is 0 Å². The molecule has 0 aliphatic rings. The van der Waals surface area contributed by atoms with Gasteiger partial charge in [-0.05, 0) is 26.2 Å². The largest absolute Gasteiger partial charge is 0.300 e. The Morgan fingerprint density at radius 3 is 2.14 bits per heavy atom. The molecule has 0 bridgehead atoms. The van der Waals surface area contributed by atoms with Crippen LogP contribution in [0.3, 0.4) is 0 Å². The topological polar surface area (TPSA) is 34.1 Å². The third-order valence-corrected chi connectivity index (χ3v) is 2.61. The first-order valence-corrected chi connectivity index (χ1v) is 5.60. The molecule has 0 amide bonds. The van der Waals surface area contributed by atoms with Gasteiger partial charge in [0.05, 0.1) is 0 Å². The Hall–Kier alpha value is -0.660. The molecule has 0 aromatic heterocycles. The quantitative estimate of drug-likeness (QED) is 0.561. The van der Waals surface area contributed by atoms with Crippen molar-refractivity contribution in [3.63, 3.8) is 0 Å². The van der Waals surface area contributed by atoms with Crippen molar-refractivity contribution < 1.29 is 9.59 Å². The highest BCUT2D eigenvalue weighted by Crippen LogP contribution is 2.10. The standard InChI is InChI=1S/C12H22O2/c1-4-10(2)12(14)9-7-5-6-8-11(3)13/h10H,4-9H2,1-3H3. The summed E-state index contributed by atoms with van der Waals surface area (Å²) in [5.74, 6) is 0.830. The van der Waals surface area contributed by atoms with E-state index in [4.69, 9.17) is 0 Å². The summed E-state index contributed by atoms with van der Waals surface area (Å²) in [5, 5.41) is 0. The van der Waals surface area contributed by atoms with Gasteiger partial charge in [-0.25, -0.2) is 0 Å². The Kier molecular flexibility index (Phi) is 7.35. The number of carbonyl (C=O) groups excluding carboxylic acids is 2. The molecule has 0 spiro atoms. The van der Waals surface area contributed by atoms with Gasteiger partial charge in [-0.1, -0.05) is 20.3 Å². The number of unbranched alkanes of at least 4 members (excludes halogenated alkanes) is 2. The predicted octanol–water partition coefficient (Wildman–Crippen LogP) is 3.14. The highest BCUT2D eigenvalue weighted by Gasteiger charge is 2.09. The second-order valence-electron chi connectivity index (χ2n) is 4.04. The van der Waals surface area contributed by atoms with E-state index in [1.54, 1.807) is 6.92 Å². The van der Waals surface area contributed by atoms with Gasteiger partial charge in [-0.2, -0.15) is 0 Å². The Morgan fingerprint density at radius 2 is 1.64 bits per heavy atom. The molecule has 0 saturated heterocycles. The van der Waals surface area contributed by atoms with Gasteiger partial charge in [-0.3, -0.25) is 4.79 Å². The molecular formula is C12H22O2. The molecule has 0 aliphatic heterocycles. The summed E-state index contributed by atoms with van der Waals surface area (Å²) in [4.78, 5) is 22.0. The van der Waals surface area contributed by atoms with E-state index in [2.05, 4.69) is 0 Å². The van der Waals surface area contributed by atoms with Crippen LogP contribution in [0.2, 0.25) is 0 Å². The van der Waals surface area contributed by atoms with Crippen molar-refractivity contribution in [3.8, 4) is 0 Å². The maximum atomic E-state index is 11.4. The molecule has 1 unspecified atom stereocenters. The van der Waals surface area contributed by atoms with E-state index >= 15 is 0 Å². The van der Waals surface area contributed by atoms with E-state index < -0.39 is 0 Å². The van der Waals surface area contributed by atoms with Gasteiger partial charge >= 0.3 is 0 Å². The highest BCUT2D eigenvalue weighted by molar-refractivity contribution is 5.80. The summed E-state index contributed by atoms with van der Waals surface area (Å²) in [7, 11) is 0. The first-order valence-electron chi connectivity index (χ1n) is 5.60. The molecule has 0 heterocycles. The van der Waals surface area contributed by atoms with Gasteiger partial charge in [0.15, 0.2) is 0 Å². The maximum absolute atomic E-state index is 11.4. The van der Waals surface area contributed by atoms with E-state index in [0.717, 1.165) is 25.7 Å². The minimum Gasteiger partial charge on any atom is -0.300 e. The molecule has 0 radical (unpaired) electrons. The Labute approximate surface area is 87.1 Å². The minimum atomic E-state index is 0.211. The number of carbonyl (C=O) groups is 2. The molecule has 0 aromatic carbocycles. The van der Waals surface area contributed by atoms with Crippen LogP contribution in [0.4, 0.5) is 0 Å². The van der Waals surface area contributed by atoms with Gasteiger partial charge in [0.25, 0.3) is 0 Å². The lowest BCUT2D eigenvalue weighted by Crippen LogP contribution is -2.09. The molecule has 2 heteroatoms. The fraction of sp³-hybridized carbons (Fsp3) is 0.833. The van der Waals surface area contributed by atoms with E-state index in [1.165, 1.54) is 0 Å². The number of rotatable bonds is 8. The van der Waals surface area contributed by atoms with E-state index in [-0.39, 0.29) is 11.7 Å². The zero-order valence-electron chi connectivity index (χ0n) is 9.64. The average Bonchev–Trinajstić information content (AvgIpc) is 2.15. The average molecular weight is 198 g/mol. The molecule has 0 N–H and O–H groups in total. The molecule has 1 atom stereocenters. The van der Waals surface area contributed by atoms with Crippen LogP contribution in [-0.2, 0) is 9.59 Å². The van der Waals surface area contributed by atoms with Crippen LogP contribution >= 0.6 is 0 Å². The van der Waals surface area contributed by atoms with Gasteiger partial charge in [-0.15, -0.1) is 0 Å². The summed E-state index contributed by atoms with van der Waals surface area (Å²) < 4.78 is 0. The Morgan fingerprint density at radius 1 is 1.07 bits per heavy atom. The summed E-state index contributed by atoms with van der Waals surface area (Å²) in [6.45, 7) is 5.64. The Bertz CT molecular complexity index is 185. The van der Waals surface area contributed by atoms with Crippen LogP contribution < -0.4 is 0 Å². The van der Waals surface area contributed by atoms with Gasteiger partial charge in [0, 0.05) is 18.8 Å². The number of ketones is 2.